The maximum absolute atomic E-state index is 12.6. The second-order valence-corrected chi connectivity index (χ2v) is 6.97. The van der Waals surface area contributed by atoms with E-state index in [-0.39, 0.29) is 13.0 Å². The predicted molar refractivity (Wildman–Crippen MR) is 117 cm³/mol. The quantitative estimate of drug-likeness (QED) is 0.412. The molecule has 0 aliphatic rings. The summed E-state index contributed by atoms with van der Waals surface area (Å²) in [6.07, 6.45) is -1.15. The second-order valence-electron chi connectivity index (χ2n) is 6.97. The van der Waals surface area contributed by atoms with E-state index < -0.39 is 17.7 Å². The highest BCUT2D eigenvalue weighted by Gasteiger charge is 2.29. The van der Waals surface area contributed by atoms with Gasteiger partial charge in [0.15, 0.2) is 11.5 Å². The molecule has 0 aliphatic heterocycles. The van der Waals surface area contributed by atoms with Crippen LogP contribution in [0, 0.1) is 0 Å². The van der Waals surface area contributed by atoms with Gasteiger partial charge in [-0.1, -0.05) is 30.3 Å². The lowest BCUT2D eigenvalue weighted by Gasteiger charge is -2.12. The van der Waals surface area contributed by atoms with E-state index in [1.165, 1.54) is 19.2 Å². The topological polar surface area (TPSA) is 65.0 Å². The summed E-state index contributed by atoms with van der Waals surface area (Å²) in [5.74, 6) is 0.853. The van der Waals surface area contributed by atoms with Gasteiger partial charge in [0.1, 0.15) is 18.1 Å². The monoisotopic (exact) mass is 458 g/mol. The van der Waals surface area contributed by atoms with Crippen LogP contribution >= 0.6 is 0 Å². The Hall–Kier alpha value is -3.94. The van der Waals surface area contributed by atoms with E-state index in [0.717, 1.165) is 12.1 Å². The van der Waals surface area contributed by atoms with Crippen molar-refractivity contribution < 1.29 is 37.3 Å². The Morgan fingerprint density at radius 1 is 0.970 bits per heavy atom. The maximum atomic E-state index is 12.6. The number of ether oxygens (including phenoxy) is 3. The third-order valence-electron chi connectivity index (χ3n) is 4.51. The summed E-state index contributed by atoms with van der Waals surface area (Å²) in [5.41, 5.74) is 0.494. The number of rotatable bonds is 9. The highest BCUT2D eigenvalue weighted by atomic mass is 19.4. The van der Waals surface area contributed by atoms with E-state index in [2.05, 4.69) is 0 Å². The number of alkyl halides is 3. The zero-order chi connectivity index (χ0) is 23.8. The molecule has 172 valence electrons. The van der Waals surface area contributed by atoms with Crippen LogP contribution in [0.5, 0.6) is 23.0 Å². The molecule has 0 aliphatic carbocycles. The molecule has 8 heteroatoms. The minimum absolute atomic E-state index is 0.144. The first-order valence-electron chi connectivity index (χ1n) is 9.88. The first kappa shape index (κ1) is 23.7. The minimum atomic E-state index is -4.36. The molecule has 0 fully saturated rings. The van der Waals surface area contributed by atoms with Crippen molar-refractivity contribution in [2.24, 2.45) is 0 Å². The van der Waals surface area contributed by atoms with Crippen LogP contribution in [0.15, 0.2) is 72.8 Å². The molecule has 0 aromatic heterocycles. The standard InChI is InChI=1S/C25H21F3O5/c1-31-22-12-9-18(15-24(29)30)14-23(22)33-21-6-2-5-20(16-21)32-13-3-4-17-7-10-19(11-8-17)25(26,27)28/h2-12,14,16H,13,15H2,1H3,(H,29,30)/b4-3+. The summed E-state index contributed by atoms with van der Waals surface area (Å²) in [4.78, 5) is 11.0. The van der Waals surface area contributed by atoms with E-state index >= 15 is 0 Å². The summed E-state index contributed by atoms with van der Waals surface area (Å²) < 4.78 is 54.7. The van der Waals surface area contributed by atoms with Crippen LogP contribution in [0.4, 0.5) is 13.2 Å². The van der Waals surface area contributed by atoms with Crippen LogP contribution < -0.4 is 14.2 Å². The molecule has 1 N–H and O–H groups in total. The van der Waals surface area contributed by atoms with Crippen molar-refractivity contribution in [3.63, 3.8) is 0 Å². The van der Waals surface area contributed by atoms with Crippen molar-refractivity contribution in [1.82, 2.24) is 0 Å². The van der Waals surface area contributed by atoms with E-state index in [9.17, 15) is 18.0 Å². The number of carbonyl (C=O) groups is 1. The molecular weight excluding hydrogens is 437 g/mol. The van der Waals surface area contributed by atoms with Gasteiger partial charge in [-0.15, -0.1) is 0 Å². The van der Waals surface area contributed by atoms with Crippen LogP contribution in [-0.2, 0) is 17.4 Å². The van der Waals surface area contributed by atoms with Crippen molar-refractivity contribution in [2.75, 3.05) is 13.7 Å². The largest absolute Gasteiger partial charge is 0.493 e. The zero-order valence-electron chi connectivity index (χ0n) is 17.6. The van der Waals surface area contributed by atoms with E-state index in [1.807, 2.05) is 0 Å². The molecule has 3 aromatic carbocycles. The van der Waals surface area contributed by atoms with Gasteiger partial charge in [0.2, 0.25) is 0 Å². The molecule has 0 atom stereocenters. The molecule has 0 saturated heterocycles. The fourth-order valence-electron chi connectivity index (χ4n) is 2.95. The average molecular weight is 458 g/mol. The fraction of sp³-hybridized carbons (Fsp3) is 0.160. The summed E-state index contributed by atoms with van der Waals surface area (Å²) in [6.45, 7) is 0.196. The Bertz CT molecular complexity index is 1120. The normalized spacial score (nSPS) is 11.4. The average Bonchev–Trinajstić information content (AvgIpc) is 2.77. The highest BCUT2D eigenvalue weighted by molar-refractivity contribution is 5.70. The van der Waals surface area contributed by atoms with Crippen LogP contribution in [0.2, 0.25) is 0 Å². The SMILES string of the molecule is COc1ccc(CC(=O)O)cc1Oc1cccc(OC/C=C/c2ccc(C(F)(F)F)cc2)c1. The van der Waals surface area contributed by atoms with Crippen molar-refractivity contribution in [3.8, 4) is 23.0 Å². The van der Waals surface area contributed by atoms with Gasteiger partial charge in [-0.25, -0.2) is 0 Å². The Morgan fingerprint density at radius 3 is 2.36 bits per heavy atom. The summed E-state index contributed by atoms with van der Waals surface area (Å²) in [5, 5.41) is 8.99. The van der Waals surface area contributed by atoms with Gasteiger partial charge in [0.05, 0.1) is 19.1 Å². The minimum Gasteiger partial charge on any atom is -0.493 e. The van der Waals surface area contributed by atoms with Gasteiger partial charge in [-0.2, -0.15) is 13.2 Å². The smallest absolute Gasteiger partial charge is 0.416 e. The molecule has 0 spiro atoms. The first-order chi connectivity index (χ1) is 15.7. The molecule has 0 bridgehead atoms. The molecule has 3 aromatic rings. The molecule has 0 radical (unpaired) electrons. The van der Waals surface area contributed by atoms with Crippen LogP contribution in [-0.4, -0.2) is 24.8 Å². The van der Waals surface area contributed by atoms with Crippen molar-refractivity contribution in [3.05, 3.63) is 89.5 Å². The molecule has 33 heavy (non-hydrogen) atoms. The number of halogens is 3. The number of carboxylic acids is 1. The first-order valence-corrected chi connectivity index (χ1v) is 9.88. The zero-order valence-corrected chi connectivity index (χ0v) is 17.6. The molecule has 0 heterocycles. The maximum Gasteiger partial charge on any atom is 0.416 e. The Labute approximate surface area is 188 Å². The predicted octanol–water partition coefficient (Wildman–Crippen LogP) is 6.23. The molecule has 0 saturated carbocycles. The second kappa shape index (κ2) is 10.6. The molecule has 5 nitrogen and oxygen atoms in total. The lowest BCUT2D eigenvalue weighted by Crippen LogP contribution is -2.03. The van der Waals surface area contributed by atoms with Crippen LogP contribution in [0.25, 0.3) is 6.08 Å². The summed E-state index contributed by atoms with van der Waals surface area (Å²) in [7, 11) is 1.49. The van der Waals surface area contributed by atoms with Crippen molar-refractivity contribution in [1.29, 1.82) is 0 Å². The summed E-state index contributed by atoms with van der Waals surface area (Å²) >= 11 is 0. The summed E-state index contributed by atoms with van der Waals surface area (Å²) in [6, 6.07) is 16.6. The van der Waals surface area contributed by atoms with Crippen molar-refractivity contribution >= 4 is 12.0 Å². The van der Waals surface area contributed by atoms with Crippen LogP contribution in [0.3, 0.4) is 0 Å². The van der Waals surface area contributed by atoms with Gasteiger partial charge in [-0.05, 0) is 53.6 Å². The van der Waals surface area contributed by atoms with Crippen molar-refractivity contribution in [2.45, 2.75) is 12.6 Å². The Kier molecular flexibility index (Phi) is 7.61. The molecular formula is C25H21F3O5. The Balaban J connectivity index is 1.62. The van der Waals surface area contributed by atoms with Gasteiger partial charge < -0.3 is 19.3 Å². The van der Waals surface area contributed by atoms with Crippen LogP contribution in [0.1, 0.15) is 16.7 Å². The lowest BCUT2D eigenvalue weighted by atomic mass is 10.1. The number of hydrogen-bond acceptors (Lipinski definition) is 4. The molecule has 0 amide bonds. The third-order valence-corrected chi connectivity index (χ3v) is 4.51. The third kappa shape index (κ3) is 7.03. The lowest BCUT2D eigenvalue weighted by molar-refractivity contribution is -0.138. The van der Waals surface area contributed by atoms with Gasteiger partial charge in [0, 0.05) is 6.07 Å². The molecule has 0 unspecified atom stereocenters. The number of benzene rings is 3. The van der Waals surface area contributed by atoms with Gasteiger partial charge >= 0.3 is 12.1 Å². The fourth-order valence-corrected chi connectivity index (χ4v) is 2.95. The highest BCUT2D eigenvalue weighted by Crippen LogP contribution is 2.34. The number of hydrogen-bond donors (Lipinski definition) is 1. The number of carboxylic acid groups (broad SMARTS) is 1. The van der Waals surface area contributed by atoms with E-state index in [1.54, 1.807) is 54.6 Å². The Morgan fingerprint density at radius 2 is 1.70 bits per heavy atom. The van der Waals surface area contributed by atoms with E-state index in [0.29, 0.717) is 34.1 Å². The number of methoxy groups -OCH3 is 1. The van der Waals surface area contributed by atoms with E-state index in [4.69, 9.17) is 19.3 Å². The number of aliphatic carboxylic acids is 1. The molecule has 3 rings (SSSR count). The van der Waals surface area contributed by atoms with Gasteiger partial charge in [0.25, 0.3) is 0 Å². The van der Waals surface area contributed by atoms with Gasteiger partial charge in [-0.3, -0.25) is 4.79 Å².